The van der Waals surface area contributed by atoms with Crippen LogP contribution in [0.5, 0.6) is 0 Å². The Hall–Kier alpha value is -0.730. The van der Waals surface area contributed by atoms with Gasteiger partial charge in [-0.15, -0.1) is 0 Å². The number of sulfonamides is 1. The van der Waals surface area contributed by atoms with Crippen molar-refractivity contribution >= 4 is 21.6 Å². The zero-order valence-electron chi connectivity index (χ0n) is 8.60. The Kier molecular flexibility index (Phi) is 4.84. The summed E-state index contributed by atoms with van der Waals surface area (Å²) in [6.45, 7) is -1.10. The molecular formula is C9H11ClFNO4S. The molecule has 8 heteroatoms. The molecule has 3 N–H and O–H groups in total. The van der Waals surface area contributed by atoms with Crippen LogP contribution in [0.4, 0.5) is 4.39 Å². The lowest BCUT2D eigenvalue weighted by molar-refractivity contribution is 0.185. The first-order valence-electron chi connectivity index (χ1n) is 4.60. The van der Waals surface area contributed by atoms with Crippen molar-refractivity contribution in [3.8, 4) is 0 Å². The summed E-state index contributed by atoms with van der Waals surface area (Å²) in [7, 11) is -3.94. The lowest BCUT2D eigenvalue weighted by Gasteiger charge is -2.13. The van der Waals surface area contributed by atoms with Crippen LogP contribution in [0.15, 0.2) is 23.1 Å². The summed E-state index contributed by atoms with van der Waals surface area (Å²) in [6.07, 6.45) is 0. The van der Waals surface area contributed by atoms with Gasteiger partial charge in [0, 0.05) is 0 Å². The Labute approximate surface area is 103 Å². The molecule has 0 amide bonds. The molecule has 5 nitrogen and oxygen atoms in total. The van der Waals surface area contributed by atoms with E-state index in [-0.39, 0.29) is 9.92 Å². The molecule has 0 atom stereocenters. The number of aliphatic hydroxyl groups is 2. The van der Waals surface area contributed by atoms with Crippen LogP contribution in [0.3, 0.4) is 0 Å². The summed E-state index contributed by atoms with van der Waals surface area (Å²) in [5.74, 6) is -0.730. The first-order valence-corrected chi connectivity index (χ1v) is 6.46. The van der Waals surface area contributed by atoms with Gasteiger partial charge in [-0.05, 0) is 18.2 Å². The van der Waals surface area contributed by atoms with Gasteiger partial charge >= 0.3 is 0 Å². The van der Waals surface area contributed by atoms with Crippen LogP contribution in [0.2, 0.25) is 5.02 Å². The van der Waals surface area contributed by atoms with Crippen LogP contribution < -0.4 is 4.72 Å². The van der Waals surface area contributed by atoms with Gasteiger partial charge in [0.1, 0.15) is 5.82 Å². The maximum Gasteiger partial charge on any atom is 0.241 e. The zero-order valence-corrected chi connectivity index (χ0v) is 10.2. The molecule has 1 rings (SSSR count). The van der Waals surface area contributed by atoms with Gasteiger partial charge in [-0.2, -0.15) is 0 Å². The standard InChI is InChI=1S/C9H11ClFNO4S/c10-8-3-7(1-2-9(8)11)17(15,16)12-6(4-13)5-14/h1-3,6,12-14H,4-5H2. The molecule has 0 saturated heterocycles. The van der Waals surface area contributed by atoms with Crippen molar-refractivity contribution in [3.05, 3.63) is 29.0 Å². The molecule has 0 radical (unpaired) electrons. The number of benzene rings is 1. The number of nitrogens with one attached hydrogen (secondary N) is 1. The molecule has 0 unspecified atom stereocenters. The third-order valence-corrected chi connectivity index (χ3v) is 3.77. The summed E-state index contributed by atoms with van der Waals surface area (Å²) in [6, 6.07) is 1.90. The molecule has 1 aromatic rings. The first-order chi connectivity index (χ1) is 7.90. The third-order valence-electron chi connectivity index (χ3n) is 1.96. The van der Waals surface area contributed by atoms with E-state index in [0.29, 0.717) is 0 Å². The van der Waals surface area contributed by atoms with Gasteiger partial charge in [-0.3, -0.25) is 0 Å². The Morgan fingerprint density at radius 3 is 2.41 bits per heavy atom. The van der Waals surface area contributed by atoms with Crippen LogP contribution in [-0.2, 0) is 10.0 Å². The SMILES string of the molecule is O=S(=O)(NC(CO)CO)c1ccc(F)c(Cl)c1. The molecular weight excluding hydrogens is 273 g/mol. The maximum absolute atomic E-state index is 12.9. The summed E-state index contributed by atoms with van der Waals surface area (Å²) in [5, 5.41) is 17.2. The average molecular weight is 284 g/mol. The minimum absolute atomic E-state index is 0.240. The molecule has 0 heterocycles. The number of rotatable bonds is 5. The van der Waals surface area contributed by atoms with Crippen molar-refractivity contribution in [2.24, 2.45) is 0 Å². The molecule has 17 heavy (non-hydrogen) atoms. The predicted octanol–water partition coefficient (Wildman–Crippen LogP) is 0.111. The highest BCUT2D eigenvalue weighted by molar-refractivity contribution is 7.89. The molecule has 0 aliphatic heterocycles. The highest BCUT2D eigenvalue weighted by Gasteiger charge is 2.20. The number of hydrogen-bond acceptors (Lipinski definition) is 4. The highest BCUT2D eigenvalue weighted by atomic mass is 35.5. The Bertz CT molecular complexity index is 490. The summed E-state index contributed by atoms with van der Waals surface area (Å²) >= 11 is 5.46. The Balaban J connectivity index is 3.01. The molecule has 0 aliphatic carbocycles. The van der Waals surface area contributed by atoms with Crippen molar-refractivity contribution in [1.82, 2.24) is 4.72 Å². The molecule has 96 valence electrons. The smallest absolute Gasteiger partial charge is 0.241 e. The second-order valence-electron chi connectivity index (χ2n) is 3.26. The Morgan fingerprint density at radius 1 is 1.35 bits per heavy atom. The van der Waals surface area contributed by atoms with E-state index in [1.54, 1.807) is 0 Å². The van der Waals surface area contributed by atoms with Crippen molar-refractivity contribution in [1.29, 1.82) is 0 Å². The quantitative estimate of drug-likeness (QED) is 0.716. The van der Waals surface area contributed by atoms with E-state index in [1.807, 2.05) is 4.72 Å². The average Bonchev–Trinajstić information content (AvgIpc) is 2.29. The fourth-order valence-electron chi connectivity index (χ4n) is 1.06. The maximum atomic E-state index is 12.9. The van der Waals surface area contributed by atoms with Crippen molar-refractivity contribution < 1.29 is 23.0 Å². The van der Waals surface area contributed by atoms with Gasteiger partial charge in [0.15, 0.2) is 0 Å². The first kappa shape index (κ1) is 14.3. The van der Waals surface area contributed by atoms with Crippen LogP contribution in [0.1, 0.15) is 0 Å². The van der Waals surface area contributed by atoms with Crippen LogP contribution >= 0.6 is 11.6 Å². The highest BCUT2D eigenvalue weighted by Crippen LogP contribution is 2.19. The van der Waals surface area contributed by atoms with E-state index in [0.717, 1.165) is 18.2 Å². The van der Waals surface area contributed by atoms with E-state index in [9.17, 15) is 12.8 Å². The van der Waals surface area contributed by atoms with Gasteiger partial charge in [0.25, 0.3) is 0 Å². The topological polar surface area (TPSA) is 86.6 Å². The summed E-state index contributed by atoms with van der Waals surface area (Å²) in [4.78, 5) is -0.240. The predicted molar refractivity (Wildman–Crippen MR) is 59.7 cm³/mol. The summed E-state index contributed by atoms with van der Waals surface area (Å²) < 4.78 is 38.3. The third kappa shape index (κ3) is 3.62. The number of hydrogen-bond donors (Lipinski definition) is 3. The minimum Gasteiger partial charge on any atom is -0.395 e. The van der Waals surface area contributed by atoms with E-state index >= 15 is 0 Å². The second-order valence-corrected chi connectivity index (χ2v) is 5.38. The molecule has 0 fully saturated rings. The van der Waals surface area contributed by atoms with Crippen molar-refractivity contribution in [2.75, 3.05) is 13.2 Å². The van der Waals surface area contributed by atoms with E-state index in [1.165, 1.54) is 0 Å². The summed E-state index contributed by atoms with van der Waals surface area (Å²) in [5.41, 5.74) is 0. The van der Waals surface area contributed by atoms with Crippen LogP contribution in [0, 0.1) is 5.82 Å². The van der Waals surface area contributed by atoms with Gasteiger partial charge in [-0.1, -0.05) is 11.6 Å². The zero-order chi connectivity index (χ0) is 13.1. The van der Waals surface area contributed by atoms with Gasteiger partial charge < -0.3 is 10.2 Å². The normalized spacial score (nSPS) is 12.1. The minimum atomic E-state index is -3.94. The molecule has 0 aliphatic rings. The number of aliphatic hydroxyl groups excluding tert-OH is 2. The van der Waals surface area contributed by atoms with Gasteiger partial charge in [0.2, 0.25) is 10.0 Å². The molecule has 0 spiro atoms. The Morgan fingerprint density at radius 2 is 1.94 bits per heavy atom. The van der Waals surface area contributed by atoms with Crippen molar-refractivity contribution in [2.45, 2.75) is 10.9 Å². The monoisotopic (exact) mass is 283 g/mol. The van der Waals surface area contributed by atoms with Crippen LogP contribution in [0.25, 0.3) is 0 Å². The lowest BCUT2D eigenvalue weighted by Crippen LogP contribution is -2.40. The van der Waals surface area contributed by atoms with E-state index < -0.39 is 35.1 Å². The van der Waals surface area contributed by atoms with Crippen molar-refractivity contribution in [3.63, 3.8) is 0 Å². The largest absolute Gasteiger partial charge is 0.395 e. The lowest BCUT2D eigenvalue weighted by atomic mass is 10.3. The fraction of sp³-hybridized carbons (Fsp3) is 0.333. The van der Waals surface area contributed by atoms with E-state index in [2.05, 4.69) is 0 Å². The molecule has 0 bridgehead atoms. The molecule has 0 saturated carbocycles. The van der Waals surface area contributed by atoms with Gasteiger partial charge in [-0.25, -0.2) is 17.5 Å². The molecule has 0 aromatic heterocycles. The molecule has 1 aromatic carbocycles. The van der Waals surface area contributed by atoms with Gasteiger partial charge in [0.05, 0.1) is 29.2 Å². The number of halogens is 2. The van der Waals surface area contributed by atoms with Crippen LogP contribution in [-0.4, -0.2) is 37.9 Å². The second kappa shape index (κ2) is 5.74. The fourth-order valence-corrected chi connectivity index (χ4v) is 2.55. The van der Waals surface area contributed by atoms with E-state index in [4.69, 9.17) is 21.8 Å².